The Bertz CT molecular complexity index is 371. The van der Waals surface area contributed by atoms with E-state index < -0.39 is 0 Å². The highest BCUT2D eigenvalue weighted by molar-refractivity contribution is 5.13. The summed E-state index contributed by atoms with van der Waals surface area (Å²) < 4.78 is 0. The van der Waals surface area contributed by atoms with Crippen molar-refractivity contribution in [3.8, 4) is 0 Å². The van der Waals surface area contributed by atoms with Crippen molar-refractivity contribution in [2.24, 2.45) is 17.6 Å². The predicted molar refractivity (Wildman–Crippen MR) is 61.9 cm³/mol. The van der Waals surface area contributed by atoms with Gasteiger partial charge in [0.05, 0.1) is 0 Å². The molecule has 2 fully saturated rings. The van der Waals surface area contributed by atoms with Crippen molar-refractivity contribution >= 4 is 0 Å². The fourth-order valence-corrected chi connectivity index (χ4v) is 3.53. The summed E-state index contributed by atoms with van der Waals surface area (Å²) in [5.41, 5.74) is 6.29. The molecule has 0 aromatic carbocycles. The number of H-pyrrole nitrogens is 1. The minimum Gasteiger partial charge on any atom is -0.327 e. The second-order valence-electron chi connectivity index (χ2n) is 5.33. The molecule has 16 heavy (non-hydrogen) atoms. The van der Waals surface area contributed by atoms with E-state index in [2.05, 4.69) is 22.1 Å². The molecule has 1 aromatic heterocycles. The fraction of sp³-hybridized carbons (Fsp3) is 0.833. The van der Waals surface area contributed by atoms with E-state index >= 15 is 0 Å². The number of aromatic nitrogens is 3. The van der Waals surface area contributed by atoms with Crippen molar-refractivity contribution in [2.45, 2.75) is 51.0 Å². The number of fused-ring (bicyclic) bond motifs is 2. The third kappa shape index (κ3) is 1.47. The van der Waals surface area contributed by atoms with Gasteiger partial charge in [0.15, 0.2) is 5.82 Å². The van der Waals surface area contributed by atoms with Crippen LogP contribution in [0.25, 0.3) is 0 Å². The summed E-state index contributed by atoms with van der Waals surface area (Å²) in [5.74, 6) is 3.88. The summed E-state index contributed by atoms with van der Waals surface area (Å²) in [6, 6.07) is 0.295. The van der Waals surface area contributed by atoms with Crippen LogP contribution in [0.2, 0.25) is 0 Å². The Morgan fingerprint density at radius 1 is 1.38 bits per heavy atom. The van der Waals surface area contributed by atoms with E-state index in [0.717, 1.165) is 36.3 Å². The standard InChI is InChI=1S/C12H20N4/c1-2-3-9-14-12(16-15-9)10-7-4-5-8(6-7)11(10)13/h7-8,10-11H,2-6,13H2,1H3,(H,14,15,16). The predicted octanol–water partition coefficient (Wildman–Crippen LogP) is 1.60. The molecule has 2 aliphatic carbocycles. The maximum atomic E-state index is 6.29. The zero-order valence-electron chi connectivity index (χ0n) is 9.82. The van der Waals surface area contributed by atoms with Gasteiger partial charge in [-0.2, -0.15) is 5.10 Å². The van der Waals surface area contributed by atoms with Crippen LogP contribution in [0.1, 0.15) is 50.2 Å². The summed E-state index contributed by atoms with van der Waals surface area (Å²) in [6.07, 6.45) is 6.03. The Labute approximate surface area is 96.0 Å². The average molecular weight is 220 g/mol. The van der Waals surface area contributed by atoms with Gasteiger partial charge in [-0.1, -0.05) is 6.92 Å². The van der Waals surface area contributed by atoms with Crippen molar-refractivity contribution in [3.05, 3.63) is 11.6 Å². The molecule has 88 valence electrons. The summed E-state index contributed by atoms with van der Waals surface area (Å²) in [5, 5.41) is 7.42. The number of nitrogens with two attached hydrogens (primary N) is 1. The first-order valence-corrected chi connectivity index (χ1v) is 6.46. The zero-order chi connectivity index (χ0) is 11.1. The van der Waals surface area contributed by atoms with Crippen LogP contribution in [0.3, 0.4) is 0 Å². The van der Waals surface area contributed by atoms with Gasteiger partial charge in [0.25, 0.3) is 0 Å². The number of aromatic amines is 1. The van der Waals surface area contributed by atoms with Crippen LogP contribution in [0.15, 0.2) is 0 Å². The molecule has 4 atom stereocenters. The Morgan fingerprint density at radius 2 is 2.19 bits per heavy atom. The van der Waals surface area contributed by atoms with Crippen molar-refractivity contribution < 1.29 is 0 Å². The number of rotatable bonds is 3. The van der Waals surface area contributed by atoms with Crippen LogP contribution in [0, 0.1) is 11.8 Å². The van der Waals surface area contributed by atoms with Gasteiger partial charge in [-0.3, -0.25) is 5.10 Å². The van der Waals surface area contributed by atoms with Crippen molar-refractivity contribution in [3.63, 3.8) is 0 Å². The van der Waals surface area contributed by atoms with Gasteiger partial charge >= 0.3 is 0 Å². The number of nitrogens with zero attached hydrogens (tertiary/aromatic N) is 2. The third-order valence-electron chi connectivity index (χ3n) is 4.31. The Balaban J connectivity index is 1.81. The van der Waals surface area contributed by atoms with Crippen LogP contribution in [-0.2, 0) is 6.42 Å². The first-order valence-electron chi connectivity index (χ1n) is 6.46. The molecule has 3 rings (SSSR count). The maximum absolute atomic E-state index is 6.29. The first kappa shape index (κ1) is 10.3. The molecule has 4 heteroatoms. The van der Waals surface area contributed by atoms with E-state index in [0.29, 0.717) is 12.0 Å². The molecule has 0 radical (unpaired) electrons. The molecule has 4 unspecified atom stereocenters. The van der Waals surface area contributed by atoms with Gasteiger partial charge in [0.2, 0.25) is 0 Å². The molecule has 0 aliphatic heterocycles. The number of hydrogen-bond acceptors (Lipinski definition) is 3. The van der Waals surface area contributed by atoms with Crippen LogP contribution >= 0.6 is 0 Å². The lowest BCUT2D eigenvalue weighted by atomic mass is 9.84. The van der Waals surface area contributed by atoms with Crippen molar-refractivity contribution in [1.29, 1.82) is 0 Å². The maximum Gasteiger partial charge on any atom is 0.155 e. The lowest BCUT2D eigenvalue weighted by Gasteiger charge is -2.25. The normalized spacial score (nSPS) is 37.1. The topological polar surface area (TPSA) is 67.6 Å². The lowest BCUT2D eigenvalue weighted by Crippen LogP contribution is -2.34. The van der Waals surface area contributed by atoms with E-state index in [1.165, 1.54) is 19.3 Å². The van der Waals surface area contributed by atoms with Gasteiger partial charge < -0.3 is 5.73 Å². The molecule has 4 nitrogen and oxygen atoms in total. The van der Waals surface area contributed by atoms with E-state index in [1.807, 2.05) is 0 Å². The van der Waals surface area contributed by atoms with Gasteiger partial charge in [0.1, 0.15) is 5.82 Å². The Hall–Kier alpha value is -0.900. The molecule has 2 aliphatic rings. The number of aryl methyl sites for hydroxylation is 1. The van der Waals surface area contributed by atoms with E-state index in [4.69, 9.17) is 5.73 Å². The van der Waals surface area contributed by atoms with Gasteiger partial charge in [-0.05, 0) is 37.5 Å². The van der Waals surface area contributed by atoms with Gasteiger partial charge in [0, 0.05) is 18.4 Å². The van der Waals surface area contributed by atoms with Crippen molar-refractivity contribution in [1.82, 2.24) is 15.2 Å². The van der Waals surface area contributed by atoms with Crippen LogP contribution in [0.4, 0.5) is 0 Å². The lowest BCUT2D eigenvalue weighted by molar-refractivity contribution is 0.354. The number of nitrogens with one attached hydrogen (secondary N) is 1. The monoisotopic (exact) mass is 220 g/mol. The van der Waals surface area contributed by atoms with Crippen LogP contribution in [-0.4, -0.2) is 21.2 Å². The van der Waals surface area contributed by atoms with Gasteiger partial charge in [-0.15, -0.1) is 0 Å². The highest BCUT2D eigenvalue weighted by Gasteiger charge is 2.47. The van der Waals surface area contributed by atoms with Crippen LogP contribution in [0.5, 0.6) is 0 Å². The van der Waals surface area contributed by atoms with E-state index in [1.54, 1.807) is 0 Å². The van der Waals surface area contributed by atoms with E-state index in [-0.39, 0.29) is 0 Å². The van der Waals surface area contributed by atoms with Crippen LogP contribution < -0.4 is 5.73 Å². The molecule has 0 saturated heterocycles. The minimum atomic E-state index is 0.295. The zero-order valence-corrected chi connectivity index (χ0v) is 9.82. The summed E-state index contributed by atoms with van der Waals surface area (Å²) >= 11 is 0. The Morgan fingerprint density at radius 3 is 2.88 bits per heavy atom. The largest absolute Gasteiger partial charge is 0.327 e. The molecule has 1 aromatic rings. The molecular weight excluding hydrogens is 200 g/mol. The molecule has 1 heterocycles. The highest BCUT2D eigenvalue weighted by atomic mass is 15.2. The molecule has 0 spiro atoms. The molecular formula is C12H20N4. The highest BCUT2D eigenvalue weighted by Crippen LogP contribution is 2.51. The fourth-order valence-electron chi connectivity index (χ4n) is 3.53. The summed E-state index contributed by atoms with van der Waals surface area (Å²) in [7, 11) is 0. The third-order valence-corrected chi connectivity index (χ3v) is 4.31. The molecule has 2 saturated carbocycles. The molecule has 3 N–H and O–H groups in total. The van der Waals surface area contributed by atoms with Gasteiger partial charge in [-0.25, -0.2) is 4.98 Å². The number of hydrogen-bond donors (Lipinski definition) is 2. The average Bonchev–Trinajstić information content (AvgIpc) is 2.93. The van der Waals surface area contributed by atoms with E-state index in [9.17, 15) is 0 Å². The smallest absolute Gasteiger partial charge is 0.155 e. The second-order valence-corrected chi connectivity index (χ2v) is 5.33. The second kappa shape index (κ2) is 3.84. The summed E-state index contributed by atoms with van der Waals surface area (Å²) in [6.45, 7) is 2.16. The quantitative estimate of drug-likeness (QED) is 0.813. The summed E-state index contributed by atoms with van der Waals surface area (Å²) in [4.78, 5) is 4.60. The minimum absolute atomic E-state index is 0.295. The molecule has 0 amide bonds. The van der Waals surface area contributed by atoms with Crippen molar-refractivity contribution in [2.75, 3.05) is 0 Å². The molecule has 2 bridgehead atoms. The first-order chi connectivity index (χ1) is 7.79. The Kier molecular flexibility index (Phi) is 2.46. The SMILES string of the molecule is CCCc1nc(C2C3CCC(C3)C2N)n[nH]1.